The first kappa shape index (κ1) is 23.7. The summed E-state index contributed by atoms with van der Waals surface area (Å²) in [5, 5.41) is 3.48. The second-order valence-electron chi connectivity index (χ2n) is 7.23. The van der Waals surface area contributed by atoms with Gasteiger partial charge in [0.05, 0.1) is 6.61 Å². The highest BCUT2D eigenvalue weighted by Gasteiger charge is 2.27. The van der Waals surface area contributed by atoms with Crippen LogP contribution in [0.5, 0.6) is 5.75 Å². The van der Waals surface area contributed by atoms with Gasteiger partial charge in [-0.2, -0.15) is 0 Å². The van der Waals surface area contributed by atoms with Gasteiger partial charge in [0.15, 0.2) is 0 Å². The highest BCUT2D eigenvalue weighted by Crippen LogP contribution is 2.17. The number of rotatable bonds is 11. The number of likely N-dealkylation sites (N-methyl/N-ethyl adjacent to an activating group) is 1. The summed E-state index contributed by atoms with van der Waals surface area (Å²) in [6.07, 6.45) is 1.44. The second-order valence-corrected chi connectivity index (χ2v) is 7.67. The molecular weight excluding hydrogens is 400 g/mol. The predicted molar refractivity (Wildman–Crippen MR) is 121 cm³/mol. The molecule has 0 spiro atoms. The Morgan fingerprint density at radius 1 is 1.07 bits per heavy atom. The Kier molecular flexibility index (Phi) is 9.68. The number of aryl methyl sites for hydroxylation is 1. The van der Waals surface area contributed by atoms with E-state index in [2.05, 4.69) is 5.32 Å². The van der Waals surface area contributed by atoms with Crippen LogP contribution in [-0.2, 0) is 16.1 Å². The quantitative estimate of drug-likeness (QED) is 0.523. The lowest BCUT2D eigenvalue weighted by Gasteiger charge is -2.30. The number of ether oxygens (including phenoxy) is 1. The second kappa shape index (κ2) is 12.2. The minimum atomic E-state index is -0.508. The van der Waals surface area contributed by atoms with Crippen molar-refractivity contribution in [1.29, 1.82) is 0 Å². The molecule has 2 rings (SSSR count). The maximum absolute atomic E-state index is 13.0. The lowest BCUT2D eigenvalue weighted by molar-refractivity contribution is -0.141. The molecule has 0 fully saturated rings. The lowest BCUT2D eigenvalue weighted by atomic mass is 10.1. The molecule has 0 aliphatic heterocycles. The largest absolute Gasteiger partial charge is 0.494 e. The van der Waals surface area contributed by atoms with Crippen LogP contribution in [0.25, 0.3) is 0 Å². The molecule has 0 saturated carbocycles. The van der Waals surface area contributed by atoms with E-state index < -0.39 is 6.04 Å². The van der Waals surface area contributed by atoms with Gasteiger partial charge in [0.1, 0.15) is 11.8 Å². The normalized spacial score (nSPS) is 11.6. The van der Waals surface area contributed by atoms with Gasteiger partial charge in [-0.05, 0) is 56.5 Å². The van der Waals surface area contributed by atoms with E-state index in [9.17, 15) is 9.59 Å². The molecule has 162 valence electrons. The van der Waals surface area contributed by atoms with Crippen molar-refractivity contribution in [3.8, 4) is 5.75 Å². The summed E-state index contributed by atoms with van der Waals surface area (Å²) >= 11 is 5.98. The van der Waals surface area contributed by atoms with Crippen molar-refractivity contribution >= 4 is 23.4 Å². The van der Waals surface area contributed by atoms with Crippen molar-refractivity contribution < 1.29 is 14.3 Å². The van der Waals surface area contributed by atoms with Gasteiger partial charge in [0.25, 0.3) is 0 Å². The maximum atomic E-state index is 13.0. The first-order chi connectivity index (χ1) is 14.4. The van der Waals surface area contributed by atoms with Crippen LogP contribution in [0.15, 0.2) is 48.5 Å². The molecule has 30 heavy (non-hydrogen) atoms. The molecule has 2 amide bonds. The number of hydrogen-bond donors (Lipinski definition) is 1. The Balaban J connectivity index is 2.01. The first-order valence-corrected chi connectivity index (χ1v) is 10.8. The molecule has 0 aliphatic carbocycles. The van der Waals surface area contributed by atoms with Gasteiger partial charge in [0, 0.05) is 24.5 Å². The van der Waals surface area contributed by atoms with E-state index in [0.717, 1.165) is 11.3 Å². The van der Waals surface area contributed by atoms with Gasteiger partial charge in [-0.15, -0.1) is 0 Å². The molecule has 5 nitrogen and oxygen atoms in total. The molecule has 0 unspecified atom stereocenters. The van der Waals surface area contributed by atoms with Gasteiger partial charge in [0.2, 0.25) is 11.8 Å². The summed E-state index contributed by atoms with van der Waals surface area (Å²) in [6, 6.07) is 14.7. The smallest absolute Gasteiger partial charge is 0.242 e. The van der Waals surface area contributed by atoms with Crippen LogP contribution in [0.1, 0.15) is 44.2 Å². The lowest BCUT2D eigenvalue weighted by Crippen LogP contribution is -2.49. The van der Waals surface area contributed by atoms with Crippen LogP contribution in [0.4, 0.5) is 0 Å². The van der Waals surface area contributed by atoms with Crippen LogP contribution in [0.3, 0.4) is 0 Å². The van der Waals surface area contributed by atoms with Crippen LogP contribution in [-0.4, -0.2) is 35.9 Å². The summed E-state index contributed by atoms with van der Waals surface area (Å²) in [5.74, 6) is 0.605. The van der Waals surface area contributed by atoms with E-state index in [1.54, 1.807) is 17.0 Å². The molecule has 2 aromatic rings. The minimum Gasteiger partial charge on any atom is -0.494 e. The van der Waals surface area contributed by atoms with Gasteiger partial charge < -0.3 is 15.0 Å². The maximum Gasteiger partial charge on any atom is 0.242 e. The van der Waals surface area contributed by atoms with Gasteiger partial charge in [-0.25, -0.2) is 0 Å². The van der Waals surface area contributed by atoms with E-state index in [-0.39, 0.29) is 11.8 Å². The number of halogens is 1. The van der Waals surface area contributed by atoms with E-state index in [0.29, 0.717) is 44.0 Å². The van der Waals surface area contributed by atoms with Crippen molar-refractivity contribution in [2.24, 2.45) is 0 Å². The van der Waals surface area contributed by atoms with Crippen LogP contribution >= 0.6 is 11.6 Å². The van der Waals surface area contributed by atoms with Crippen molar-refractivity contribution in [3.05, 3.63) is 64.7 Å². The van der Waals surface area contributed by atoms with E-state index in [4.69, 9.17) is 16.3 Å². The standard InChI is InChI=1S/C24H31ClN2O3/c1-4-22(24(29)26-5-2)27(17-19-10-12-20(25)13-11-19)23(28)7-6-16-30-21-14-8-18(3)9-15-21/h8-15,22H,4-7,16-17H2,1-3H3,(H,26,29)/t22-/m0/s1. The van der Waals surface area contributed by atoms with Crippen molar-refractivity contribution in [2.45, 2.75) is 52.6 Å². The molecule has 0 saturated heterocycles. The molecule has 1 atom stereocenters. The zero-order valence-corrected chi connectivity index (χ0v) is 18.7. The fourth-order valence-corrected chi connectivity index (χ4v) is 3.32. The Morgan fingerprint density at radius 2 is 1.73 bits per heavy atom. The SMILES string of the molecule is CCNC(=O)[C@H](CC)N(Cc1ccc(Cl)cc1)C(=O)CCCOc1ccc(C)cc1. The third-order valence-corrected chi connectivity index (χ3v) is 5.08. The van der Waals surface area contributed by atoms with Gasteiger partial charge in [-0.3, -0.25) is 9.59 Å². The third-order valence-electron chi connectivity index (χ3n) is 4.83. The van der Waals surface area contributed by atoms with E-state index in [1.165, 1.54) is 5.56 Å². The molecule has 0 aromatic heterocycles. The van der Waals surface area contributed by atoms with Gasteiger partial charge in [-0.1, -0.05) is 48.4 Å². The Bertz CT molecular complexity index is 806. The summed E-state index contributed by atoms with van der Waals surface area (Å²) in [5.41, 5.74) is 2.11. The highest BCUT2D eigenvalue weighted by atomic mass is 35.5. The molecule has 0 bridgehead atoms. The average Bonchev–Trinajstić information content (AvgIpc) is 2.74. The van der Waals surface area contributed by atoms with Crippen LogP contribution < -0.4 is 10.1 Å². The third kappa shape index (κ3) is 7.38. The molecular formula is C24H31ClN2O3. The number of carbonyl (C=O) groups excluding carboxylic acids is 2. The van der Waals surface area contributed by atoms with E-state index in [1.807, 2.05) is 57.2 Å². The van der Waals surface area contributed by atoms with Crippen LogP contribution in [0.2, 0.25) is 5.02 Å². The Morgan fingerprint density at radius 3 is 2.33 bits per heavy atom. The van der Waals surface area contributed by atoms with E-state index >= 15 is 0 Å². The Labute approximate surface area is 184 Å². The van der Waals surface area contributed by atoms with Crippen molar-refractivity contribution in [2.75, 3.05) is 13.2 Å². The van der Waals surface area contributed by atoms with Gasteiger partial charge >= 0.3 is 0 Å². The summed E-state index contributed by atoms with van der Waals surface area (Å²) in [6.45, 7) is 7.16. The fraction of sp³-hybridized carbons (Fsp3) is 0.417. The Hall–Kier alpha value is -2.53. The number of hydrogen-bond acceptors (Lipinski definition) is 3. The van der Waals surface area contributed by atoms with Crippen molar-refractivity contribution in [3.63, 3.8) is 0 Å². The molecule has 0 aliphatic rings. The average molecular weight is 431 g/mol. The molecule has 6 heteroatoms. The summed E-state index contributed by atoms with van der Waals surface area (Å²) < 4.78 is 5.73. The number of nitrogens with zero attached hydrogens (tertiary/aromatic N) is 1. The van der Waals surface area contributed by atoms with Crippen LogP contribution in [0, 0.1) is 6.92 Å². The molecule has 1 N–H and O–H groups in total. The first-order valence-electron chi connectivity index (χ1n) is 10.5. The topological polar surface area (TPSA) is 58.6 Å². The zero-order chi connectivity index (χ0) is 21.9. The molecule has 0 heterocycles. The predicted octanol–water partition coefficient (Wildman–Crippen LogP) is 4.75. The number of nitrogens with one attached hydrogen (secondary N) is 1. The number of carbonyl (C=O) groups is 2. The number of amides is 2. The van der Waals surface area contributed by atoms with Crippen molar-refractivity contribution in [1.82, 2.24) is 10.2 Å². The highest BCUT2D eigenvalue weighted by molar-refractivity contribution is 6.30. The number of benzene rings is 2. The molecule has 2 aromatic carbocycles. The zero-order valence-electron chi connectivity index (χ0n) is 18.0. The minimum absolute atomic E-state index is 0.0597. The summed E-state index contributed by atoms with van der Waals surface area (Å²) in [4.78, 5) is 27.3. The fourth-order valence-electron chi connectivity index (χ4n) is 3.19. The summed E-state index contributed by atoms with van der Waals surface area (Å²) in [7, 11) is 0. The molecule has 0 radical (unpaired) electrons. The monoisotopic (exact) mass is 430 g/mol.